The van der Waals surface area contributed by atoms with Gasteiger partial charge in [-0.1, -0.05) is 30.4 Å². The Morgan fingerprint density at radius 1 is 1.20 bits per heavy atom. The Morgan fingerprint density at radius 2 is 1.98 bits per heavy atom. The molecule has 1 aliphatic carbocycles. The normalized spacial score (nSPS) is 22.1. The first-order chi connectivity index (χ1) is 19.0. The molecular weight excluding hydrogens is 537 g/mol. The molecule has 1 saturated carbocycles. The van der Waals surface area contributed by atoms with E-state index in [0.717, 1.165) is 12.1 Å². The summed E-state index contributed by atoms with van der Waals surface area (Å²) in [6.07, 6.45) is 2.89. The van der Waals surface area contributed by atoms with Crippen molar-refractivity contribution in [1.82, 2.24) is 5.32 Å². The molecule has 1 aromatic rings. The number of carbonyl (C=O) groups excluding carboxylic acids is 1. The molecule has 0 spiro atoms. The van der Waals surface area contributed by atoms with E-state index in [2.05, 4.69) is 10.2 Å². The van der Waals surface area contributed by atoms with E-state index in [1.807, 2.05) is 12.2 Å². The van der Waals surface area contributed by atoms with E-state index in [1.54, 1.807) is 6.08 Å². The van der Waals surface area contributed by atoms with Gasteiger partial charge < -0.3 is 30.2 Å². The first kappa shape index (κ1) is 33.0. The fraction of sp³-hybridized carbons (Fsp3) is 0.593. The molecule has 0 bridgehead atoms. The van der Waals surface area contributed by atoms with E-state index in [9.17, 15) is 43.4 Å². The summed E-state index contributed by atoms with van der Waals surface area (Å²) in [7, 11) is 0. The number of aliphatic hydroxyl groups is 3. The Kier molecular flexibility index (Phi) is 13.9. The van der Waals surface area contributed by atoms with Gasteiger partial charge in [-0.3, -0.25) is 4.79 Å². The number of hydrogen-bond donors (Lipinski definition) is 4. The molecule has 5 atom stereocenters. The highest BCUT2D eigenvalue weighted by molar-refractivity contribution is 5.75. The van der Waals surface area contributed by atoms with Crippen LogP contribution in [0.25, 0.3) is 0 Å². The summed E-state index contributed by atoms with van der Waals surface area (Å²) in [5.74, 6) is -0.857. The van der Waals surface area contributed by atoms with E-state index in [4.69, 9.17) is 4.74 Å². The van der Waals surface area contributed by atoms with Crippen molar-refractivity contribution in [3.63, 3.8) is 0 Å². The number of nitrogens with one attached hydrogen (secondary N) is 1. The topological polar surface area (TPSA) is 151 Å². The number of alkyl halides is 3. The van der Waals surface area contributed by atoms with Crippen molar-refractivity contribution in [1.29, 1.82) is 0 Å². The van der Waals surface area contributed by atoms with Crippen LogP contribution in [0.2, 0.25) is 0 Å². The summed E-state index contributed by atoms with van der Waals surface area (Å²) in [5, 5.41) is 42.9. The standard InChI is InChI=1S/C27H37F3N2O8/c28-27(29,30)19-8-7-9-21(16-19)39-18-20(33)12-13-23-22(24(34)17-25(23)35)10-3-1-2-4-11-26(36)31-14-5-6-15-40-32(37)38/h1,3,7-9,12-13,16,20,22-25,33-35H,2,4-6,10-11,14-15,17-18H2,(H,31,36)/t20-,22-,23-,24+,25-/m1/s1. The number of nitrogens with zero attached hydrogens (tertiary/aromatic N) is 1. The van der Waals surface area contributed by atoms with E-state index in [-0.39, 0.29) is 37.2 Å². The van der Waals surface area contributed by atoms with Crippen molar-refractivity contribution in [2.45, 2.75) is 69.4 Å². The summed E-state index contributed by atoms with van der Waals surface area (Å²) in [5.41, 5.74) is -0.854. The predicted molar refractivity (Wildman–Crippen MR) is 138 cm³/mol. The van der Waals surface area contributed by atoms with Crippen molar-refractivity contribution in [3.8, 4) is 5.75 Å². The van der Waals surface area contributed by atoms with Crippen LogP contribution in [0.4, 0.5) is 13.2 Å². The second-order valence-electron chi connectivity index (χ2n) is 9.61. The van der Waals surface area contributed by atoms with Crippen LogP contribution < -0.4 is 10.1 Å². The van der Waals surface area contributed by atoms with Gasteiger partial charge >= 0.3 is 6.18 Å². The molecule has 40 heavy (non-hydrogen) atoms. The maximum Gasteiger partial charge on any atom is 0.416 e. The van der Waals surface area contributed by atoms with E-state index in [1.165, 1.54) is 18.2 Å². The molecule has 1 amide bonds. The minimum atomic E-state index is -4.50. The van der Waals surface area contributed by atoms with Gasteiger partial charge in [-0.25, -0.2) is 0 Å². The molecule has 224 valence electrons. The van der Waals surface area contributed by atoms with Crippen LogP contribution in [0, 0.1) is 22.0 Å². The lowest BCUT2D eigenvalue weighted by Gasteiger charge is -2.19. The SMILES string of the molecule is O=C(CCCC=CC[C@@H]1[C@@H](C=C[C@@H](O)COc2cccc(C(F)(F)F)c2)[C@H](O)C[C@@H]1O)NCCCCO[N+](=O)[O-]. The van der Waals surface area contributed by atoms with Gasteiger partial charge in [0.25, 0.3) is 5.09 Å². The summed E-state index contributed by atoms with van der Waals surface area (Å²) < 4.78 is 43.8. The van der Waals surface area contributed by atoms with E-state index < -0.39 is 41.1 Å². The van der Waals surface area contributed by atoms with Crippen LogP contribution >= 0.6 is 0 Å². The molecule has 10 nitrogen and oxygen atoms in total. The van der Waals surface area contributed by atoms with Crippen molar-refractivity contribution < 1.29 is 47.9 Å². The molecule has 0 radical (unpaired) electrons. The summed E-state index contributed by atoms with van der Waals surface area (Å²) in [6.45, 7) is 0.130. The zero-order valence-electron chi connectivity index (χ0n) is 22.0. The molecule has 1 aromatic carbocycles. The molecule has 0 aliphatic heterocycles. The molecule has 0 aromatic heterocycles. The Bertz CT molecular complexity index is 989. The van der Waals surface area contributed by atoms with Crippen molar-refractivity contribution in [3.05, 3.63) is 64.2 Å². The molecule has 0 saturated heterocycles. The van der Waals surface area contributed by atoms with E-state index >= 15 is 0 Å². The highest BCUT2D eigenvalue weighted by atomic mass is 19.4. The highest BCUT2D eigenvalue weighted by Crippen LogP contribution is 2.36. The van der Waals surface area contributed by atoms with Crippen molar-refractivity contribution in [2.75, 3.05) is 19.8 Å². The van der Waals surface area contributed by atoms with Crippen LogP contribution in [-0.2, 0) is 15.8 Å². The Labute approximate surface area is 230 Å². The number of benzene rings is 1. The smallest absolute Gasteiger partial charge is 0.416 e. The predicted octanol–water partition coefficient (Wildman–Crippen LogP) is 3.58. The fourth-order valence-electron chi connectivity index (χ4n) is 4.40. The minimum Gasteiger partial charge on any atom is -0.491 e. The lowest BCUT2D eigenvalue weighted by molar-refractivity contribution is -0.757. The molecule has 2 rings (SSSR count). The van der Waals surface area contributed by atoms with Gasteiger partial charge in [0.1, 0.15) is 18.5 Å². The van der Waals surface area contributed by atoms with Crippen molar-refractivity contribution >= 4 is 5.91 Å². The number of carbonyl (C=O) groups is 1. The third-order valence-corrected chi connectivity index (χ3v) is 6.49. The first-order valence-electron chi connectivity index (χ1n) is 13.2. The maximum absolute atomic E-state index is 12.8. The molecule has 1 fully saturated rings. The molecule has 13 heteroatoms. The fourth-order valence-corrected chi connectivity index (χ4v) is 4.40. The summed E-state index contributed by atoms with van der Waals surface area (Å²) in [4.78, 5) is 26.1. The number of allylic oxidation sites excluding steroid dienone is 2. The largest absolute Gasteiger partial charge is 0.491 e. The van der Waals surface area contributed by atoms with Gasteiger partial charge in [-0.15, -0.1) is 10.1 Å². The Morgan fingerprint density at radius 3 is 2.70 bits per heavy atom. The van der Waals surface area contributed by atoms with Crippen LogP contribution in [0.5, 0.6) is 5.75 Å². The second-order valence-corrected chi connectivity index (χ2v) is 9.61. The van der Waals surface area contributed by atoms with Gasteiger partial charge in [0, 0.05) is 25.3 Å². The minimum absolute atomic E-state index is 0.00463. The number of ether oxygens (including phenoxy) is 1. The number of amides is 1. The maximum atomic E-state index is 12.8. The Balaban J connectivity index is 1.70. The summed E-state index contributed by atoms with van der Waals surface area (Å²) >= 11 is 0. The van der Waals surface area contributed by atoms with Gasteiger partial charge in [0.2, 0.25) is 5.91 Å². The van der Waals surface area contributed by atoms with Gasteiger partial charge in [-0.05, 0) is 56.2 Å². The number of hydrogen-bond acceptors (Lipinski definition) is 8. The summed E-state index contributed by atoms with van der Waals surface area (Å²) in [6, 6.07) is 4.35. The monoisotopic (exact) mass is 574 g/mol. The zero-order chi connectivity index (χ0) is 29.5. The number of unbranched alkanes of at least 4 members (excludes halogenated alkanes) is 2. The van der Waals surface area contributed by atoms with Crippen LogP contribution in [0.1, 0.15) is 50.5 Å². The Hall–Kier alpha value is -3.16. The average molecular weight is 575 g/mol. The molecule has 1 aliphatic rings. The zero-order valence-corrected chi connectivity index (χ0v) is 22.0. The molecular formula is C27H37F3N2O8. The van der Waals surface area contributed by atoms with Crippen LogP contribution in [0.15, 0.2) is 48.6 Å². The lowest BCUT2D eigenvalue weighted by atomic mass is 9.89. The molecule has 4 N–H and O–H groups in total. The number of rotatable bonds is 17. The number of halogens is 3. The molecule has 0 unspecified atom stereocenters. The highest BCUT2D eigenvalue weighted by Gasteiger charge is 2.39. The lowest BCUT2D eigenvalue weighted by Crippen LogP contribution is -2.24. The van der Waals surface area contributed by atoms with Gasteiger partial charge in [0.05, 0.1) is 24.4 Å². The van der Waals surface area contributed by atoms with E-state index in [0.29, 0.717) is 45.1 Å². The first-order valence-corrected chi connectivity index (χ1v) is 13.2. The van der Waals surface area contributed by atoms with Crippen LogP contribution in [-0.4, -0.2) is 64.4 Å². The average Bonchev–Trinajstić information content (AvgIpc) is 3.16. The van der Waals surface area contributed by atoms with Crippen LogP contribution in [0.3, 0.4) is 0 Å². The third kappa shape index (κ3) is 12.3. The molecule has 0 heterocycles. The van der Waals surface area contributed by atoms with Gasteiger partial charge in [-0.2, -0.15) is 13.2 Å². The van der Waals surface area contributed by atoms with Gasteiger partial charge in [0.15, 0.2) is 0 Å². The van der Waals surface area contributed by atoms with Crippen molar-refractivity contribution in [2.24, 2.45) is 11.8 Å². The number of aliphatic hydroxyl groups excluding tert-OH is 3. The quantitative estimate of drug-likeness (QED) is 0.0954. The third-order valence-electron chi connectivity index (χ3n) is 6.49. The second kappa shape index (κ2) is 16.8.